The van der Waals surface area contributed by atoms with Gasteiger partial charge in [-0.3, -0.25) is 4.79 Å². The van der Waals surface area contributed by atoms with Gasteiger partial charge in [-0.15, -0.1) is 0 Å². The van der Waals surface area contributed by atoms with Gasteiger partial charge in [0.2, 0.25) is 5.91 Å². The minimum atomic E-state index is 0.256. The van der Waals surface area contributed by atoms with Gasteiger partial charge in [-0.05, 0) is 44.2 Å². The lowest BCUT2D eigenvalue weighted by atomic mass is 9.88. The molecule has 0 saturated carbocycles. The van der Waals surface area contributed by atoms with Gasteiger partial charge in [0.25, 0.3) is 0 Å². The van der Waals surface area contributed by atoms with E-state index in [1.165, 1.54) is 30.4 Å². The van der Waals surface area contributed by atoms with E-state index in [0.29, 0.717) is 12.5 Å². The second kappa shape index (κ2) is 7.44. The number of carbonyl (C=O) groups is 1. The van der Waals surface area contributed by atoms with Crippen LogP contribution in [0.4, 0.5) is 0 Å². The second-order valence-electron chi connectivity index (χ2n) is 5.41. The van der Waals surface area contributed by atoms with Crippen LogP contribution in [0.1, 0.15) is 50.3 Å². The van der Waals surface area contributed by atoms with Crippen molar-refractivity contribution >= 4 is 5.91 Å². The second-order valence-corrected chi connectivity index (χ2v) is 5.41. The third-order valence-electron chi connectivity index (χ3n) is 4.22. The van der Waals surface area contributed by atoms with Gasteiger partial charge in [0, 0.05) is 32.1 Å². The van der Waals surface area contributed by atoms with Crippen molar-refractivity contribution in [3.8, 4) is 0 Å². The Bertz CT molecular complexity index is 440. The minimum absolute atomic E-state index is 0.256. The molecule has 1 aliphatic rings. The number of nitrogens with one attached hydrogen (secondary N) is 1. The first kappa shape index (κ1) is 15.0. The fraction of sp³-hybridized carbons (Fsp3) is 0.588. The molecule has 1 aromatic carbocycles. The highest BCUT2D eigenvalue weighted by molar-refractivity contribution is 5.76. The van der Waals surface area contributed by atoms with Crippen LogP contribution in [-0.2, 0) is 11.2 Å². The molecule has 1 unspecified atom stereocenters. The van der Waals surface area contributed by atoms with Gasteiger partial charge in [0.15, 0.2) is 0 Å². The molecule has 1 amide bonds. The van der Waals surface area contributed by atoms with Crippen molar-refractivity contribution in [1.82, 2.24) is 10.2 Å². The number of amides is 1. The van der Waals surface area contributed by atoms with Crippen LogP contribution in [0, 0.1) is 0 Å². The topological polar surface area (TPSA) is 32.3 Å². The Morgan fingerprint density at radius 1 is 1.30 bits per heavy atom. The molecule has 1 N–H and O–H groups in total. The first-order valence-electron chi connectivity index (χ1n) is 7.85. The zero-order valence-electron chi connectivity index (χ0n) is 12.7. The van der Waals surface area contributed by atoms with Gasteiger partial charge >= 0.3 is 0 Å². The van der Waals surface area contributed by atoms with Crippen LogP contribution in [0.3, 0.4) is 0 Å². The molecule has 0 bridgehead atoms. The molecule has 0 heterocycles. The highest BCUT2D eigenvalue weighted by atomic mass is 16.2. The third-order valence-corrected chi connectivity index (χ3v) is 4.22. The summed E-state index contributed by atoms with van der Waals surface area (Å²) in [4.78, 5) is 13.9. The molecular formula is C17H26N2O. The van der Waals surface area contributed by atoms with Crippen LogP contribution in [0.25, 0.3) is 0 Å². The van der Waals surface area contributed by atoms with Crippen molar-refractivity contribution in [2.75, 3.05) is 19.6 Å². The Kier molecular flexibility index (Phi) is 5.60. The molecule has 1 aliphatic carbocycles. The third kappa shape index (κ3) is 3.60. The predicted molar refractivity (Wildman–Crippen MR) is 82.7 cm³/mol. The summed E-state index contributed by atoms with van der Waals surface area (Å²) in [5, 5.41) is 3.56. The Morgan fingerprint density at radius 3 is 2.80 bits per heavy atom. The van der Waals surface area contributed by atoms with Crippen molar-refractivity contribution in [2.45, 2.75) is 45.6 Å². The molecule has 3 nitrogen and oxygen atoms in total. The highest BCUT2D eigenvalue weighted by Crippen LogP contribution is 2.29. The molecule has 0 fully saturated rings. The molecule has 3 heteroatoms. The lowest BCUT2D eigenvalue weighted by Gasteiger charge is -2.27. The van der Waals surface area contributed by atoms with Gasteiger partial charge in [-0.2, -0.15) is 0 Å². The van der Waals surface area contributed by atoms with Crippen molar-refractivity contribution in [3.63, 3.8) is 0 Å². The number of fused-ring (bicyclic) bond motifs is 1. The molecule has 0 saturated heterocycles. The fourth-order valence-electron chi connectivity index (χ4n) is 3.05. The van der Waals surface area contributed by atoms with Crippen LogP contribution >= 0.6 is 0 Å². The number of hydrogen-bond donors (Lipinski definition) is 1. The van der Waals surface area contributed by atoms with Crippen LogP contribution < -0.4 is 5.32 Å². The van der Waals surface area contributed by atoms with E-state index in [1.807, 2.05) is 18.7 Å². The Morgan fingerprint density at radius 2 is 2.05 bits per heavy atom. The van der Waals surface area contributed by atoms with Crippen molar-refractivity contribution in [2.24, 2.45) is 0 Å². The quantitative estimate of drug-likeness (QED) is 0.865. The maximum atomic E-state index is 12.0. The Balaban J connectivity index is 1.85. The summed E-state index contributed by atoms with van der Waals surface area (Å²) >= 11 is 0. The van der Waals surface area contributed by atoms with E-state index in [9.17, 15) is 4.79 Å². The summed E-state index contributed by atoms with van der Waals surface area (Å²) in [5.41, 5.74) is 2.89. The lowest BCUT2D eigenvalue weighted by Crippen LogP contribution is -2.34. The maximum Gasteiger partial charge on any atom is 0.223 e. The molecule has 20 heavy (non-hydrogen) atoms. The maximum absolute atomic E-state index is 12.0. The number of carbonyl (C=O) groups excluding carboxylic acids is 1. The number of hydrogen-bond acceptors (Lipinski definition) is 2. The molecular weight excluding hydrogens is 248 g/mol. The van der Waals surface area contributed by atoms with E-state index < -0.39 is 0 Å². The summed E-state index contributed by atoms with van der Waals surface area (Å²) < 4.78 is 0. The normalized spacial score (nSPS) is 17.6. The smallest absolute Gasteiger partial charge is 0.223 e. The number of rotatable bonds is 6. The summed E-state index contributed by atoms with van der Waals surface area (Å²) in [7, 11) is 0. The lowest BCUT2D eigenvalue weighted by molar-refractivity contribution is -0.130. The minimum Gasteiger partial charge on any atom is -0.343 e. The molecule has 1 atom stereocenters. The van der Waals surface area contributed by atoms with Crippen LogP contribution in [0.5, 0.6) is 0 Å². The molecule has 0 aromatic heterocycles. The average molecular weight is 274 g/mol. The highest BCUT2D eigenvalue weighted by Gasteiger charge is 2.19. The molecule has 1 aromatic rings. The van der Waals surface area contributed by atoms with E-state index in [2.05, 4.69) is 29.6 Å². The van der Waals surface area contributed by atoms with Gasteiger partial charge in [0.1, 0.15) is 0 Å². The van der Waals surface area contributed by atoms with E-state index in [-0.39, 0.29) is 5.91 Å². The van der Waals surface area contributed by atoms with Crippen LogP contribution in [-0.4, -0.2) is 30.4 Å². The van der Waals surface area contributed by atoms with Crippen LogP contribution in [0.2, 0.25) is 0 Å². The summed E-state index contributed by atoms with van der Waals surface area (Å²) in [6.07, 6.45) is 4.20. The molecule has 110 valence electrons. The Labute approximate surface area is 122 Å². The van der Waals surface area contributed by atoms with Crippen molar-refractivity contribution in [3.05, 3.63) is 35.4 Å². The van der Waals surface area contributed by atoms with Gasteiger partial charge < -0.3 is 10.2 Å². The summed E-state index contributed by atoms with van der Waals surface area (Å²) in [5.74, 6) is 0.256. The number of nitrogens with zero attached hydrogens (tertiary/aromatic N) is 1. The molecule has 0 spiro atoms. The summed E-state index contributed by atoms with van der Waals surface area (Å²) in [6, 6.07) is 9.09. The zero-order chi connectivity index (χ0) is 14.4. The largest absolute Gasteiger partial charge is 0.343 e. The fourth-order valence-corrected chi connectivity index (χ4v) is 3.05. The number of benzene rings is 1. The van der Waals surface area contributed by atoms with Crippen molar-refractivity contribution < 1.29 is 4.79 Å². The Hall–Kier alpha value is -1.35. The van der Waals surface area contributed by atoms with Gasteiger partial charge in [-0.1, -0.05) is 24.3 Å². The zero-order valence-corrected chi connectivity index (χ0v) is 12.7. The van der Waals surface area contributed by atoms with E-state index in [0.717, 1.165) is 19.6 Å². The summed E-state index contributed by atoms with van der Waals surface area (Å²) in [6.45, 7) is 6.45. The standard InChI is InChI=1S/C17H26N2O/c1-3-19(4-2)17(20)12-13-18-16-11-7-9-14-8-5-6-10-15(14)16/h5-6,8,10,16,18H,3-4,7,9,11-13H2,1-2H3. The average Bonchev–Trinajstić information content (AvgIpc) is 2.49. The van der Waals surface area contributed by atoms with Gasteiger partial charge in [-0.25, -0.2) is 0 Å². The first-order valence-corrected chi connectivity index (χ1v) is 7.85. The SMILES string of the molecule is CCN(CC)C(=O)CCNC1CCCc2ccccc21. The van der Waals surface area contributed by atoms with E-state index >= 15 is 0 Å². The molecule has 0 aliphatic heterocycles. The van der Waals surface area contributed by atoms with E-state index in [1.54, 1.807) is 0 Å². The van der Waals surface area contributed by atoms with Crippen LogP contribution in [0.15, 0.2) is 24.3 Å². The predicted octanol–water partition coefficient (Wildman–Crippen LogP) is 2.91. The molecule has 0 radical (unpaired) electrons. The number of aryl methyl sites for hydroxylation is 1. The monoisotopic (exact) mass is 274 g/mol. The molecule has 2 rings (SSSR count). The van der Waals surface area contributed by atoms with E-state index in [4.69, 9.17) is 0 Å². The van der Waals surface area contributed by atoms with Crippen molar-refractivity contribution in [1.29, 1.82) is 0 Å². The first-order chi connectivity index (χ1) is 9.76. The van der Waals surface area contributed by atoms with Gasteiger partial charge in [0.05, 0.1) is 0 Å².